The number of unbranched alkanes of at least 4 members (excludes halogenated alkanes) is 1. The van der Waals surface area contributed by atoms with Gasteiger partial charge in [0.25, 0.3) is 0 Å². The fourth-order valence-corrected chi connectivity index (χ4v) is 4.57. The van der Waals surface area contributed by atoms with Crippen LogP contribution >= 0.6 is 0 Å². The third-order valence-electron chi connectivity index (χ3n) is 5.78. The summed E-state index contributed by atoms with van der Waals surface area (Å²) in [5, 5.41) is 9.02. The lowest BCUT2D eigenvalue weighted by Crippen LogP contribution is -2.21. The topological polar surface area (TPSA) is 111 Å². The van der Waals surface area contributed by atoms with Crippen LogP contribution in [0.3, 0.4) is 0 Å². The molecule has 1 aliphatic rings. The summed E-state index contributed by atoms with van der Waals surface area (Å²) >= 11 is 0. The van der Waals surface area contributed by atoms with Crippen LogP contribution in [-0.4, -0.2) is 55.0 Å². The first-order chi connectivity index (χ1) is 15.5. The third kappa shape index (κ3) is 4.92. The van der Waals surface area contributed by atoms with Crippen molar-refractivity contribution in [3.8, 4) is 11.3 Å². The first-order valence-electron chi connectivity index (χ1n) is 11.1. The van der Waals surface area contributed by atoms with E-state index in [4.69, 9.17) is 14.8 Å². The lowest BCUT2D eigenvalue weighted by molar-refractivity contribution is 0.0605. The number of aromatic nitrogens is 4. The van der Waals surface area contributed by atoms with Crippen LogP contribution in [0, 0.1) is 5.92 Å². The molecule has 1 fully saturated rings. The van der Waals surface area contributed by atoms with Crippen LogP contribution < -0.4 is 10.0 Å². The molecule has 3 heterocycles. The van der Waals surface area contributed by atoms with Gasteiger partial charge in [0, 0.05) is 38.1 Å². The number of nitrogens with zero attached hydrogens (tertiary/aromatic N) is 4. The Morgan fingerprint density at radius 2 is 1.94 bits per heavy atom. The van der Waals surface area contributed by atoms with Crippen molar-refractivity contribution in [1.82, 2.24) is 24.5 Å². The molecular formula is C22H30N6O3S. The summed E-state index contributed by atoms with van der Waals surface area (Å²) in [5.74, 6) is 1.08. The second kappa shape index (κ2) is 9.93. The van der Waals surface area contributed by atoms with Gasteiger partial charge in [-0.15, -0.1) is 0 Å². The van der Waals surface area contributed by atoms with Crippen LogP contribution in [0.1, 0.15) is 32.6 Å². The maximum Gasteiger partial charge on any atom is 0.240 e. The van der Waals surface area contributed by atoms with Gasteiger partial charge in [-0.3, -0.25) is 0 Å². The number of ether oxygens (including phenoxy) is 1. The fraction of sp³-hybridized carbons (Fsp3) is 0.500. The highest BCUT2D eigenvalue weighted by molar-refractivity contribution is 7.89. The molecule has 1 aliphatic heterocycles. The Morgan fingerprint density at radius 3 is 2.62 bits per heavy atom. The number of nitrogens with one attached hydrogen (secondary N) is 2. The summed E-state index contributed by atoms with van der Waals surface area (Å²) < 4.78 is 33.9. The molecule has 0 bridgehead atoms. The second-order valence-corrected chi connectivity index (χ2v) is 9.92. The summed E-state index contributed by atoms with van der Waals surface area (Å²) in [6.07, 6.45) is 5.95. The van der Waals surface area contributed by atoms with E-state index in [1.807, 2.05) is 4.68 Å². The Labute approximate surface area is 188 Å². The van der Waals surface area contributed by atoms with Gasteiger partial charge in [-0.1, -0.05) is 25.5 Å². The number of sulfonamides is 1. The van der Waals surface area contributed by atoms with E-state index >= 15 is 0 Å². The predicted octanol–water partition coefficient (Wildman–Crippen LogP) is 3.04. The molecule has 2 aromatic heterocycles. The Kier molecular flexibility index (Phi) is 7.02. The van der Waals surface area contributed by atoms with Gasteiger partial charge in [0.2, 0.25) is 16.0 Å². The lowest BCUT2D eigenvalue weighted by Gasteiger charge is -2.21. The summed E-state index contributed by atoms with van der Waals surface area (Å²) in [4.78, 5) is 9.48. The molecule has 0 spiro atoms. The number of anilines is 1. The van der Waals surface area contributed by atoms with E-state index < -0.39 is 10.0 Å². The van der Waals surface area contributed by atoms with Crippen LogP contribution in [0.15, 0.2) is 35.4 Å². The van der Waals surface area contributed by atoms with Gasteiger partial charge in [0.15, 0.2) is 5.65 Å². The highest BCUT2D eigenvalue weighted by atomic mass is 32.2. The van der Waals surface area contributed by atoms with Gasteiger partial charge >= 0.3 is 0 Å². The molecule has 32 heavy (non-hydrogen) atoms. The standard InChI is InChI=1S/C22H30N6O3S/c1-3-4-11-24-22-25-14-19-20(17-5-7-18(8-6-17)32(29,30)23-2)27-28(21(19)26-22)15-16-9-12-31-13-10-16/h5-8,14,16,23H,3-4,9-13,15H2,1-2H3,(H,24,25,26). The zero-order valence-electron chi connectivity index (χ0n) is 18.5. The van der Waals surface area contributed by atoms with Crippen molar-refractivity contribution in [2.45, 2.75) is 44.0 Å². The largest absolute Gasteiger partial charge is 0.381 e. The van der Waals surface area contributed by atoms with E-state index in [-0.39, 0.29) is 4.90 Å². The van der Waals surface area contributed by atoms with Crippen molar-refractivity contribution in [3.05, 3.63) is 30.5 Å². The Balaban J connectivity index is 1.71. The number of hydrogen-bond acceptors (Lipinski definition) is 7. The SMILES string of the molecule is CCCCNc1ncc2c(-c3ccc(S(=O)(=O)NC)cc3)nn(CC3CCOCC3)c2n1. The molecule has 1 saturated heterocycles. The number of hydrogen-bond donors (Lipinski definition) is 2. The first kappa shape index (κ1) is 22.6. The zero-order valence-corrected chi connectivity index (χ0v) is 19.4. The van der Waals surface area contributed by atoms with Gasteiger partial charge in [0.1, 0.15) is 5.69 Å². The van der Waals surface area contributed by atoms with E-state index in [1.165, 1.54) is 7.05 Å². The van der Waals surface area contributed by atoms with Crippen molar-refractivity contribution in [3.63, 3.8) is 0 Å². The molecule has 0 saturated carbocycles. The Hall–Kier alpha value is -2.56. The minimum absolute atomic E-state index is 0.216. The van der Waals surface area contributed by atoms with Crippen LogP contribution in [0.5, 0.6) is 0 Å². The monoisotopic (exact) mass is 458 g/mol. The quantitative estimate of drug-likeness (QED) is 0.474. The maximum atomic E-state index is 12.1. The van der Waals surface area contributed by atoms with E-state index in [1.54, 1.807) is 30.5 Å². The van der Waals surface area contributed by atoms with Crippen molar-refractivity contribution in [1.29, 1.82) is 0 Å². The average molecular weight is 459 g/mol. The second-order valence-electron chi connectivity index (χ2n) is 8.03. The molecule has 1 aromatic carbocycles. The highest BCUT2D eigenvalue weighted by Gasteiger charge is 2.20. The number of benzene rings is 1. The van der Waals surface area contributed by atoms with E-state index in [2.05, 4.69) is 21.9 Å². The fourth-order valence-electron chi connectivity index (χ4n) is 3.84. The normalized spacial score (nSPS) is 15.3. The van der Waals surface area contributed by atoms with E-state index in [0.29, 0.717) is 11.9 Å². The minimum atomic E-state index is -3.49. The molecule has 9 nitrogen and oxygen atoms in total. The van der Waals surface area contributed by atoms with Crippen LogP contribution in [0.25, 0.3) is 22.3 Å². The smallest absolute Gasteiger partial charge is 0.240 e. The summed E-state index contributed by atoms with van der Waals surface area (Å²) in [6.45, 7) is 5.28. The van der Waals surface area contributed by atoms with Crippen molar-refractivity contribution < 1.29 is 13.2 Å². The summed E-state index contributed by atoms with van der Waals surface area (Å²) in [5.41, 5.74) is 2.36. The summed E-state index contributed by atoms with van der Waals surface area (Å²) in [6, 6.07) is 6.73. The predicted molar refractivity (Wildman–Crippen MR) is 124 cm³/mol. The molecule has 0 unspecified atom stereocenters. The van der Waals surface area contributed by atoms with Crippen LogP contribution in [-0.2, 0) is 21.3 Å². The zero-order chi connectivity index (χ0) is 22.6. The van der Waals surface area contributed by atoms with Crippen molar-refractivity contribution >= 4 is 27.0 Å². The molecule has 4 rings (SSSR count). The number of rotatable bonds is 9. The van der Waals surface area contributed by atoms with Crippen molar-refractivity contribution in [2.24, 2.45) is 5.92 Å². The van der Waals surface area contributed by atoms with Gasteiger partial charge in [-0.2, -0.15) is 10.1 Å². The number of fused-ring (bicyclic) bond motifs is 1. The first-order valence-corrected chi connectivity index (χ1v) is 12.6. The molecule has 3 aromatic rings. The molecule has 172 valence electrons. The molecule has 10 heteroatoms. The molecule has 0 radical (unpaired) electrons. The van der Waals surface area contributed by atoms with Crippen LogP contribution in [0.2, 0.25) is 0 Å². The van der Waals surface area contributed by atoms with E-state index in [0.717, 1.165) is 74.3 Å². The van der Waals surface area contributed by atoms with Gasteiger partial charge in [-0.25, -0.2) is 22.8 Å². The Bertz CT molecular complexity index is 1150. The van der Waals surface area contributed by atoms with Crippen molar-refractivity contribution in [2.75, 3.05) is 32.1 Å². The van der Waals surface area contributed by atoms with Gasteiger partial charge < -0.3 is 10.1 Å². The Morgan fingerprint density at radius 1 is 1.19 bits per heavy atom. The minimum Gasteiger partial charge on any atom is -0.381 e. The van der Waals surface area contributed by atoms with Gasteiger partial charge in [0.05, 0.1) is 10.3 Å². The summed E-state index contributed by atoms with van der Waals surface area (Å²) in [7, 11) is -2.09. The van der Waals surface area contributed by atoms with E-state index in [9.17, 15) is 8.42 Å². The molecule has 2 N–H and O–H groups in total. The molecular weight excluding hydrogens is 428 g/mol. The average Bonchev–Trinajstić information content (AvgIpc) is 3.17. The molecule has 0 aliphatic carbocycles. The van der Waals surface area contributed by atoms with Crippen LogP contribution in [0.4, 0.5) is 5.95 Å². The lowest BCUT2D eigenvalue weighted by atomic mass is 10.0. The molecule has 0 atom stereocenters. The maximum absolute atomic E-state index is 12.1. The van der Waals surface area contributed by atoms with Gasteiger partial charge in [-0.05, 0) is 44.4 Å². The third-order valence-corrected chi connectivity index (χ3v) is 7.21. The molecule has 0 amide bonds. The highest BCUT2D eigenvalue weighted by Crippen LogP contribution is 2.29.